The zero-order valence-electron chi connectivity index (χ0n) is 5.95. The average molecular weight is 231 g/mol. The second-order valence-electron chi connectivity index (χ2n) is 0.679. The van der Waals surface area contributed by atoms with Gasteiger partial charge in [0.2, 0.25) is 0 Å². The maximum atomic E-state index is 8.74. The Kier molecular flexibility index (Phi) is 33.3. The fourth-order valence-corrected chi connectivity index (χ4v) is 0. The van der Waals surface area contributed by atoms with Crippen molar-refractivity contribution in [3.63, 3.8) is 0 Å². The summed E-state index contributed by atoms with van der Waals surface area (Å²) in [5.74, 6) is 0. The van der Waals surface area contributed by atoms with Gasteiger partial charge in [0.15, 0.2) is 0 Å². The highest BCUT2D eigenvalue weighted by Crippen LogP contribution is 1.59. The van der Waals surface area contributed by atoms with Crippen LogP contribution in [-0.4, -0.2) is 30.8 Å². The fourth-order valence-electron chi connectivity index (χ4n) is 0. The summed E-state index contributed by atoms with van der Waals surface area (Å²) in [4.78, 5) is 0. The lowest BCUT2D eigenvalue weighted by Crippen LogP contribution is -1.89. The summed E-state index contributed by atoms with van der Waals surface area (Å²) >= 11 is -2.61. The van der Waals surface area contributed by atoms with E-state index in [2.05, 4.69) is 0 Å². The van der Waals surface area contributed by atoms with Gasteiger partial charge in [0.25, 0.3) is 11.4 Å². The summed E-state index contributed by atoms with van der Waals surface area (Å²) in [5, 5.41) is 0. The SMILES string of the molecule is N.N.N.O=S(=O)(O)O.O=S(O)O. The Morgan fingerprint density at radius 1 is 0.917 bits per heavy atom. The first kappa shape index (κ1) is 29.8. The number of hydrogen-bond donors (Lipinski definition) is 7. The second-order valence-corrected chi connectivity index (χ2v) is 2.04. The molecule has 0 aromatic carbocycles. The van der Waals surface area contributed by atoms with Gasteiger partial charge in [0, 0.05) is 0 Å². The lowest BCUT2D eigenvalue weighted by molar-refractivity contribution is 0.381. The first-order chi connectivity index (χ1) is 3.73. The summed E-state index contributed by atoms with van der Waals surface area (Å²) in [6, 6.07) is 0. The highest BCUT2D eigenvalue weighted by molar-refractivity contribution is 7.79. The van der Waals surface area contributed by atoms with E-state index in [0.29, 0.717) is 0 Å². The van der Waals surface area contributed by atoms with Crippen LogP contribution >= 0.6 is 0 Å². The molecule has 0 aliphatic rings. The second kappa shape index (κ2) is 13.4. The van der Waals surface area contributed by atoms with Crippen molar-refractivity contribution in [2.75, 3.05) is 0 Å². The highest BCUT2D eigenvalue weighted by atomic mass is 32.3. The van der Waals surface area contributed by atoms with Crippen LogP contribution < -0.4 is 18.5 Å². The predicted molar refractivity (Wildman–Crippen MR) is 42.6 cm³/mol. The Labute approximate surface area is 71.8 Å². The third-order valence-electron chi connectivity index (χ3n) is 0. The normalized spacial score (nSPS) is 7.75. The van der Waals surface area contributed by atoms with Crippen LogP contribution in [0.1, 0.15) is 0 Å². The van der Waals surface area contributed by atoms with E-state index in [1.807, 2.05) is 0 Å². The molecule has 13 N–H and O–H groups in total. The number of hydrogen-bond acceptors (Lipinski definition) is 6. The lowest BCUT2D eigenvalue weighted by Gasteiger charge is -1.68. The summed E-state index contributed by atoms with van der Waals surface area (Å²) in [6.45, 7) is 0. The topological polar surface area (TPSA) is 237 Å². The van der Waals surface area contributed by atoms with Crippen molar-refractivity contribution in [2.45, 2.75) is 0 Å². The summed E-state index contributed by atoms with van der Waals surface area (Å²) in [6.07, 6.45) is 0. The molecule has 0 rings (SSSR count). The quantitative estimate of drug-likeness (QED) is 0.208. The molecule has 0 aromatic rings. The predicted octanol–water partition coefficient (Wildman–Crippen LogP) is -0.486. The standard InChI is InChI=1S/3H3N.H2O4S.H2O3S/c;;;1-5(2,3)4;1-4(2)3/h3*1H3;(H2,1,2,3,4);(H2,1,2,3). The molecule has 0 aliphatic heterocycles. The minimum absolute atomic E-state index is 0. The molecule has 0 radical (unpaired) electrons. The van der Waals surface area contributed by atoms with Crippen LogP contribution in [0.4, 0.5) is 0 Å². The Morgan fingerprint density at radius 3 is 0.917 bits per heavy atom. The molecule has 0 saturated heterocycles. The van der Waals surface area contributed by atoms with Crippen molar-refractivity contribution in [3.05, 3.63) is 0 Å². The third kappa shape index (κ3) is 23600. The molecule has 10 nitrogen and oxygen atoms in total. The van der Waals surface area contributed by atoms with Gasteiger partial charge in [-0.2, -0.15) is 12.6 Å². The van der Waals surface area contributed by atoms with Crippen molar-refractivity contribution < 1.29 is 30.8 Å². The molecule has 0 spiro atoms. The summed E-state index contributed by atoms with van der Waals surface area (Å²) in [7, 11) is -4.67. The molecular formula is H13N3O7S2. The minimum atomic E-state index is -4.67. The first-order valence-corrected chi connectivity index (χ1v) is 3.69. The first-order valence-electron chi connectivity index (χ1n) is 1.23. The van der Waals surface area contributed by atoms with E-state index in [1.54, 1.807) is 0 Å². The Balaban J connectivity index is -0.0000000221. The molecule has 12 heavy (non-hydrogen) atoms. The van der Waals surface area contributed by atoms with Crippen molar-refractivity contribution in [1.82, 2.24) is 18.5 Å². The van der Waals surface area contributed by atoms with E-state index in [-0.39, 0.29) is 18.5 Å². The van der Waals surface area contributed by atoms with Gasteiger partial charge in [0.05, 0.1) is 0 Å². The molecule has 0 bridgehead atoms. The fraction of sp³-hybridized carbons (Fsp3) is 0. The van der Waals surface area contributed by atoms with E-state index in [0.717, 1.165) is 0 Å². The summed E-state index contributed by atoms with van der Waals surface area (Å²) < 4.78 is 54.4. The van der Waals surface area contributed by atoms with E-state index >= 15 is 0 Å². The van der Waals surface area contributed by atoms with Gasteiger partial charge < -0.3 is 18.5 Å². The van der Waals surface area contributed by atoms with Crippen LogP contribution in [-0.2, 0) is 21.8 Å². The van der Waals surface area contributed by atoms with E-state index in [1.165, 1.54) is 0 Å². The van der Waals surface area contributed by atoms with Crippen LogP contribution in [0.3, 0.4) is 0 Å². The maximum Gasteiger partial charge on any atom is 0.394 e. The molecule has 0 unspecified atom stereocenters. The average Bonchev–Trinajstić information content (AvgIpc) is 1.19. The zero-order valence-corrected chi connectivity index (χ0v) is 7.58. The molecule has 0 heterocycles. The summed E-state index contributed by atoms with van der Waals surface area (Å²) in [5.41, 5.74) is 0. The Hall–Kier alpha value is -0.180. The molecule has 0 saturated carbocycles. The van der Waals surface area contributed by atoms with Gasteiger partial charge in [-0.05, 0) is 0 Å². The van der Waals surface area contributed by atoms with Crippen LogP contribution in [0, 0.1) is 0 Å². The molecule has 0 aromatic heterocycles. The lowest BCUT2D eigenvalue weighted by atomic mass is 14.0. The molecule has 82 valence electrons. The van der Waals surface area contributed by atoms with Gasteiger partial charge in [-0.3, -0.25) is 18.2 Å². The van der Waals surface area contributed by atoms with E-state index in [9.17, 15) is 0 Å². The smallest absolute Gasteiger partial charge is 0.344 e. The molecule has 0 atom stereocenters. The van der Waals surface area contributed by atoms with E-state index < -0.39 is 21.8 Å². The highest BCUT2D eigenvalue weighted by Gasteiger charge is 1.84. The van der Waals surface area contributed by atoms with Crippen LogP contribution in [0.5, 0.6) is 0 Å². The van der Waals surface area contributed by atoms with Crippen molar-refractivity contribution >= 4 is 21.8 Å². The number of rotatable bonds is 0. The monoisotopic (exact) mass is 231 g/mol. The van der Waals surface area contributed by atoms with Gasteiger partial charge in [-0.1, -0.05) is 0 Å². The van der Waals surface area contributed by atoms with Crippen molar-refractivity contribution in [3.8, 4) is 0 Å². The Bertz CT molecular complexity index is 159. The van der Waals surface area contributed by atoms with Crippen molar-refractivity contribution in [1.29, 1.82) is 0 Å². The third-order valence-corrected chi connectivity index (χ3v) is 0. The zero-order chi connectivity index (χ0) is 8.08. The Morgan fingerprint density at radius 2 is 0.917 bits per heavy atom. The maximum absolute atomic E-state index is 8.74. The molecular weight excluding hydrogens is 218 g/mol. The molecule has 0 fully saturated rings. The van der Waals surface area contributed by atoms with Crippen LogP contribution in [0.2, 0.25) is 0 Å². The molecule has 0 aliphatic carbocycles. The molecule has 12 heteroatoms. The van der Waals surface area contributed by atoms with Gasteiger partial charge in [-0.15, -0.1) is 0 Å². The van der Waals surface area contributed by atoms with Gasteiger partial charge in [0.1, 0.15) is 0 Å². The van der Waals surface area contributed by atoms with Crippen molar-refractivity contribution in [2.24, 2.45) is 0 Å². The van der Waals surface area contributed by atoms with Gasteiger partial charge >= 0.3 is 10.4 Å². The van der Waals surface area contributed by atoms with E-state index in [4.69, 9.17) is 30.8 Å². The van der Waals surface area contributed by atoms with Crippen LogP contribution in [0.25, 0.3) is 0 Å². The molecule has 0 amide bonds. The minimum Gasteiger partial charge on any atom is -0.344 e. The van der Waals surface area contributed by atoms with Gasteiger partial charge in [-0.25, -0.2) is 0 Å². The van der Waals surface area contributed by atoms with Crippen LogP contribution in [0.15, 0.2) is 0 Å². The largest absolute Gasteiger partial charge is 0.394 e.